The molecule has 1 aliphatic carbocycles. The van der Waals surface area contributed by atoms with Gasteiger partial charge in [0.05, 0.1) is 12.7 Å². The molecule has 110 valence electrons. The highest BCUT2D eigenvalue weighted by Gasteiger charge is 2.33. The lowest BCUT2D eigenvalue weighted by Gasteiger charge is -2.39. The van der Waals surface area contributed by atoms with E-state index in [1.807, 2.05) is 0 Å². The number of amides is 1. The standard InChI is InChI=1S/C16H24N2O2/c1-16(2)9-5-4-6-14(16)18-15(19)12-10-11(17)7-8-13(12)20-3/h7-8,10,14H,4-6,9,17H2,1-3H3,(H,18,19). The Bertz CT molecular complexity index is 497. The molecule has 20 heavy (non-hydrogen) atoms. The van der Waals surface area contributed by atoms with E-state index in [2.05, 4.69) is 19.2 Å². The lowest BCUT2D eigenvalue weighted by Crippen LogP contribution is -2.46. The Kier molecular flexibility index (Phi) is 4.21. The molecule has 0 saturated heterocycles. The van der Waals surface area contributed by atoms with Gasteiger partial charge >= 0.3 is 0 Å². The number of rotatable bonds is 3. The molecule has 1 aromatic carbocycles. The van der Waals surface area contributed by atoms with Crippen molar-refractivity contribution in [2.45, 2.75) is 45.6 Å². The van der Waals surface area contributed by atoms with Gasteiger partial charge in [-0.05, 0) is 36.5 Å². The molecule has 1 amide bonds. The highest BCUT2D eigenvalue weighted by molar-refractivity contribution is 5.98. The minimum absolute atomic E-state index is 0.103. The molecular formula is C16H24N2O2. The molecule has 4 heteroatoms. The molecule has 1 fully saturated rings. The van der Waals surface area contributed by atoms with Crippen LogP contribution in [-0.4, -0.2) is 19.1 Å². The second kappa shape index (κ2) is 5.73. The molecule has 0 bridgehead atoms. The van der Waals surface area contributed by atoms with E-state index in [4.69, 9.17) is 10.5 Å². The van der Waals surface area contributed by atoms with Gasteiger partial charge in [0.2, 0.25) is 0 Å². The molecule has 0 spiro atoms. The first-order valence-corrected chi connectivity index (χ1v) is 7.18. The number of nitrogens with one attached hydrogen (secondary N) is 1. The van der Waals surface area contributed by atoms with Gasteiger partial charge in [-0.2, -0.15) is 0 Å². The van der Waals surface area contributed by atoms with E-state index in [1.165, 1.54) is 12.8 Å². The molecule has 1 unspecified atom stereocenters. The Balaban J connectivity index is 2.17. The molecule has 1 atom stereocenters. The predicted octanol–water partition coefficient (Wildman–Crippen LogP) is 2.98. The quantitative estimate of drug-likeness (QED) is 0.834. The van der Waals surface area contributed by atoms with Gasteiger partial charge in [-0.1, -0.05) is 26.7 Å². The summed E-state index contributed by atoms with van der Waals surface area (Å²) in [6.45, 7) is 4.43. The Morgan fingerprint density at radius 1 is 1.40 bits per heavy atom. The van der Waals surface area contributed by atoms with Crippen LogP contribution in [0.3, 0.4) is 0 Å². The fraction of sp³-hybridized carbons (Fsp3) is 0.562. The Morgan fingerprint density at radius 3 is 2.80 bits per heavy atom. The summed E-state index contributed by atoms with van der Waals surface area (Å²) in [5.41, 5.74) is 6.99. The maximum atomic E-state index is 12.5. The molecule has 2 rings (SSSR count). The Labute approximate surface area is 120 Å². The van der Waals surface area contributed by atoms with Crippen LogP contribution in [0, 0.1) is 5.41 Å². The summed E-state index contributed by atoms with van der Waals surface area (Å²) in [6, 6.07) is 5.34. The Morgan fingerprint density at radius 2 is 2.15 bits per heavy atom. The summed E-state index contributed by atoms with van der Waals surface area (Å²) in [4.78, 5) is 12.5. The molecule has 0 aliphatic heterocycles. The second-order valence-corrected chi connectivity index (χ2v) is 6.22. The molecule has 3 N–H and O–H groups in total. The van der Waals surface area contributed by atoms with Crippen molar-refractivity contribution in [2.75, 3.05) is 12.8 Å². The van der Waals surface area contributed by atoms with E-state index in [0.29, 0.717) is 17.0 Å². The van der Waals surface area contributed by atoms with Crippen LogP contribution >= 0.6 is 0 Å². The summed E-state index contributed by atoms with van der Waals surface area (Å²) in [7, 11) is 1.56. The van der Waals surface area contributed by atoms with Crippen LogP contribution in [0.5, 0.6) is 5.75 Å². The first-order chi connectivity index (χ1) is 9.44. The number of hydrogen-bond donors (Lipinski definition) is 2. The molecular weight excluding hydrogens is 252 g/mol. The molecule has 1 aromatic rings. The lowest BCUT2D eigenvalue weighted by molar-refractivity contribution is 0.0850. The van der Waals surface area contributed by atoms with E-state index in [-0.39, 0.29) is 17.4 Å². The maximum Gasteiger partial charge on any atom is 0.255 e. The molecule has 0 heterocycles. The maximum absolute atomic E-state index is 12.5. The van der Waals surface area contributed by atoms with E-state index in [0.717, 1.165) is 12.8 Å². The zero-order valence-corrected chi connectivity index (χ0v) is 12.5. The number of nitrogen functional groups attached to an aromatic ring is 1. The second-order valence-electron chi connectivity index (χ2n) is 6.22. The number of ether oxygens (including phenoxy) is 1. The van der Waals surface area contributed by atoms with Crippen molar-refractivity contribution in [1.82, 2.24) is 5.32 Å². The number of carbonyl (C=O) groups is 1. The van der Waals surface area contributed by atoms with Crippen molar-refractivity contribution in [2.24, 2.45) is 5.41 Å². The minimum atomic E-state index is -0.103. The Hall–Kier alpha value is -1.71. The highest BCUT2D eigenvalue weighted by atomic mass is 16.5. The topological polar surface area (TPSA) is 64.3 Å². The molecule has 4 nitrogen and oxygen atoms in total. The van der Waals surface area contributed by atoms with E-state index in [9.17, 15) is 4.79 Å². The predicted molar refractivity (Wildman–Crippen MR) is 80.9 cm³/mol. The van der Waals surface area contributed by atoms with E-state index < -0.39 is 0 Å². The fourth-order valence-corrected chi connectivity index (χ4v) is 2.90. The summed E-state index contributed by atoms with van der Waals surface area (Å²) >= 11 is 0. The average molecular weight is 276 g/mol. The van der Waals surface area contributed by atoms with Gasteiger partial charge in [0.1, 0.15) is 5.75 Å². The van der Waals surface area contributed by atoms with Crippen molar-refractivity contribution < 1.29 is 9.53 Å². The van der Waals surface area contributed by atoms with Crippen LogP contribution in [0.25, 0.3) is 0 Å². The smallest absolute Gasteiger partial charge is 0.255 e. The van der Waals surface area contributed by atoms with Crippen LogP contribution in [0.1, 0.15) is 49.9 Å². The first-order valence-electron chi connectivity index (χ1n) is 7.18. The van der Waals surface area contributed by atoms with Gasteiger partial charge < -0.3 is 15.8 Å². The van der Waals surface area contributed by atoms with Crippen LogP contribution in [0.2, 0.25) is 0 Å². The van der Waals surface area contributed by atoms with Gasteiger partial charge in [-0.15, -0.1) is 0 Å². The van der Waals surface area contributed by atoms with E-state index >= 15 is 0 Å². The normalized spacial score (nSPS) is 21.2. The van der Waals surface area contributed by atoms with Gasteiger partial charge in [0.25, 0.3) is 5.91 Å². The van der Waals surface area contributed by atoms with Crippen molar-refractivity contribution >= 4 is 11.6 Å². The van der Waals surface area contributed by atoms with Gasteiger partial charge in [-0.3, -0.25) is 4.79 Å². The molecule has 1 aliphatic rings. The fourth-order valence-electron chi connectivity index (χ4n) is 2.90. The monoisotopic (exact) mass is 276 g/mol. The zero-order chi connectivity index (χ0) is 14.8. The van der Waals surface area contributed by atoms with Crippen LogP contribution in [0.4, 0.5) is 5.69 Å². The molecule has 0 aromatic heterocycles. The number of carbonyl (C=O) groups excluding carboxylic acids is 1. The van der Waals surface area contributed by atoms with Crippen molar-refractivity contribution in [3.05, 3.63) is 23.8 Å². The van der Waals surface area contributed by atoms with Gasteiger partial charge in [0, 0.05) is 11.7 Å². The number of anilines is 1. The largest absolute Gasteiger partial charge is 0.496 e. The third kappa shape index (κ3) is 3.06. The highest BCUT2D eigenvalue weighted by Crippen LogP contribution is 2.35. The van der Waals surface area contributed by atoms with Crippen LogP contribution < -0.4 is 15.8 Å². The first kappa shape index (κ1) is 14.7. The van der Waals surface area contributed by atoms with Crippen molar-refractivity contribution in [3.63, 3.8) is 0 Å². The molecule has 0 radical (unpaired) electrons. The molecule has 1 saturated carbocycles. The third-order valence-electron chi connectivity index (χ3n) is 4.28. The average Bonchev–Trinajstić information content (AvgIpc) is 2.41. The van der Waals surface area contributed by atoms with Gasteiger partial charge in [0.15, 0.2) is 0 Å². The van der Waals surface area contributed by atoms with Crippen molar-refractivity contribution in [1.29, 1.82) is 0 Å². The SMILES string of the molecule is COc1ccc(N)cc1C(=O)NC1CCCCC1(C)C. The number of methoxy groups -OCH3 is 1. The number of benzene rings is 1. The van der Waals surface area contributed by atoms with Gasteiger partial charge in [-0.25, -0.2) is 0 Å². The third-order valence-corrected chi connectivity index (χ3v) is 4.28. The van der Waals surface area contributed by atoms with Crippen LogP contribution in [-0.2, 0) is 0 Å². The minimum Gasteiger partial charge on any atom is -0.496 e. The lowest BCUT2D eigenvalue weighted by atomic mass is 9.73. The van der Waals surface area contributed by atoms with Crippen molar-refractivity contribution in [3.8, 4) is 5.75 Å². The van der Waals surface area contributed by atoms with E-state index in [1.54, 1.807) is 25.3 Å². The van der Waals surface area contributed by atoms with Crippen LogP contribution in [0.15, 0.2) is 18.2 Å². The summed E-state index contributed by atoms with van der Waals surface area (Å²) in [5, 5.41) is 3.15. The number of hydrogen-bond acceptors (Lipinski definition) is 3. The zero-order valence-electron chi connectivity index (χ0n) is 12.5. The summed E-state index contributed by atoms with van der Waals surface area (Å²) in [6.07, 6.45) is 4.58. The summed E-state index contributed by atoms with van der Waals surface area (Å²) < 4.78 is 5.25. The summed E-state index contributed by atoms with van der Waals surface area (Å²) in [5.74, 6) is 0.458. The number of nitrogens with two attached hydrogens (primary N) is 1.